The average molecular weight is 719 g/mol. The summed E-state index contributed by atoms with van der Waals surface area (Å²) < 4.78 is 2.58. The van der Waals surface area contributed by atoms with Crippen molar-refractivity contribution in [1.29, 1.82) is 0 Å². The van der Waals surface area contributed by atoms with Crippen molar-refractivity contribution in [1.82, 2.24) is 9.97 Å². The van der Waals surface area contributed by atoms with Crippen molar-refractivity contribution in [2.24, 2.45) is 0 Å². The molecule has 0 saturated carbocycles. The Bertz CT molecular complexity index is 2970. The van der Waals surface area contributed by atoms with Crippen LogP contribution in [0.2, 0.25) is 0 Å². The first-order valence-corrected chi connectivity index (χ1v) is 19.4. The van der Waals surface area contributed by atoms with E-state index in [0.29, 0.717) is 5.82 Å². The first-order valence-electron chi connectivity index (χ1n) is 18.6. The Morgan fingerprint density at radius 2 is 0.745 bits per heavy atom. The van der Waals surface area contributed by atoms with E-state index in [0.717, 1.165) is 55.9 Å². The third-order valence-corrected chi connectivity index (χ3v) is 11.5. The molecule has 0 aliphatic rings. The average Bonchev–Trinajstić information content (AvgIpc) is 3.66. The minimum Gasteiger partial charge on any atom is -0.228 e. The van der Waals surface area contributed by atoms with Crippen molar-refractivity contribution in [3.05, 3.63) is 206 Å². The number of aromatic nitrogens is 2. The Morgan fingerprint density at radius 3 is 1.44 bits per heavy atom. The van der Waals surface area contributed by atoms with E-state index in [-0.39, 0.29) is 0 Å². The van der Waals surface area contributed by atoms with Gasteiger partial charge in [0.15, 0.2) is 5.82 Å². The topological polar surface area (TPSA) is 25.8 Å². The number of rotatable bonds is 7. The lowest BCUT2D eigenvalue weighted by molar-refractivity contribution is 1.18. The highest BCUT2D eigenvalue weighted by atomic mass is 32.1. The van der Waals surface area contributed by atoms with Crippen LogP contribution in [0.25, 0.3) is 98.6 Å². The van der Waals surface area contributed by atoms with Gasteiger partial charge in [-0.3, -0.25) is 0 Å². The number of hydrogen-bond acceptors (Lipinski definition) is 3. The van der Waals surface area contributed by atoms with Gasteiger partial charge in [-0.1, -0.05) is 164 Å². The van der Waals surface area contributed by atoms with Gasteiger partial charge in [-0.05, 0) is 87.0 Å². The first kappa shape index (κ1) is 32.7. The summed E-state index contributed by atoms with van der Waals surface area (Å²) in [6.45, 7) is 0. The van der Waals surface area contributed by atoms with Gasteiger partial charge in [0.05, 0.1) is 11.4 Å². The van der Waals surface area contributed by atoms with Gasteiger partial charge < -0.3 is 0 Å². The molecule has 0 fully saturated rings. The van der Waals surface area contributed by atoms with E-state index in [1.54, 1.807) is 0 Å². The van der Waals surface area contributed by atoms with Crippen LogP contribution in [0.5, 0.6) is 0 Å². The molecule has 0 spiro atoms. The van der Waals surface area contributed by atoms with Crippen molar-refractivity contribution >= 4 is 31.5 Å². The smallest absolute Gasteiger partial charge is 0.160 e. The third kappa shape index (κ3) is 6.41. The lowest BCUT2D eigenvalue weighted by Gasteiger charge is -2.14. The zero-order chi connectivity index (χ0) is 36.6. The molecule has 3 heteroatoms. The summed E-state index contributed by atoms with van der Waals surface area (Å²) in [6, 6.07) is 73.4. The van der Waals surface area contributed by atoms with E-state index in [2.05, 4.69) is 194 Å². The molecule has 55 heavy (non-hydrogen) atoms. The molecule has 0 saturated heterocycles. The molecule has 0 amide bonds. The highest BCUT2D eigenvalue weighted by Crippen LogP contribution is 2.42. The predicted molar refractivity (Wildman–Crippen MR) is 233 cm³/mol. The second-order valence-electron chi connectivity index (χ2n) is 13.8. The van der Waals surface area contributed by atoms with Crippen LogP contribution >= 0.6 is 11.3 Å². The fourth-order valence-electron chi connectivity index (χ4n) is 7.53. The maximum atomic E-state index is 5.36. The molecule has 2 aromatic heterocycles. The molecule has 258 valence electrons. The number of thiophene rings is 1. The molecule has 0 unspecified atom stereocenters. The zero-order valence-electron chi connectivity index (χ0n) is 29.9. The maximum absolute atomic E-state index is 5.36. The fraction of sp³-hybridized carbons (Fsp3) is 0. The van der Waals surface area contributed by atoms with Crippen LogP contribution in [0.4, 0.5) is 0 Å². The van der Waals surface area contributed by atoms with Gasteiger partial charge >= 0.3 is 0 Å². The second-order valence-corrected chi connectivity index (χ2v) is 14.9. The van der Waals surface area contributed by atoms with Gasteiger partial charge in [-0.25, -0.2) is 9.97 Å². The maximum Gasteiger partial charge on any atom is 0.160 e. The Labute approximate surface area is 324 Å². The molecule has 2 heterocycles. The monoisotopic (exact) mass is 718 g/mol. The van der Waals surface area contributed by atoms with Crippen molar-refractivity contribution in [2.75, 3.05) is 0 Å². The molecule has 8 aromatic carbocycles. The summed E-state index contributed by atoms with van der Waals surface area (Å²) in [4.78, 5) is 10.6. The summed E-state index contributed by atoms with van der Waals surface area (Å²) in [6.07, 6.45) is 0. The largest absolute Gasteiger partial charge is 0.228 e. The van der Waals surface area contributed by atoms with E-state index in [4.69, 9.17) is 9.97 Å². The van der Waals surface area contributed by atoms with E-state index in [9.17, 15) is 0 Å². The Hall–Kier alpha value is -6.94. The Balaban J connectivity index is 1.20. The minimum atomic E-state index is 0.693. The first-order chi connectivity index (χ1) is 27.2. The van der Waals surface area contributed by atoms with Gasteiger partial charge in [-0.15, -0.1) is 11.3 Å². The van der Waals surface area contributed by atoms with Crippen LogP contribution in [0.3, 0.4) is 0 Å². The van der Waals surface area contributed by atoms with E-state index in [1.807, 2.05) is 23.5 Å². The molecule has 10 rings (SSSR count). The molecule has 10 aromatic rings. The van der Waals surface area contributed by atoms with Crippen LogP contribution in [-0.2, 0) is 0 Å². The standard InChI is InChI=1S/C52H34N2S/c1-4-15-35(16-5-1)38-21-12-23-40(29-38)42-31-43(45-26-14-27-47-46-25-10-11-28-50(46)55-51(45)47)33-44(32-42)49-34-48(37-19-8-3-9-20-37)53-52(54-49)41-24-13-22-39(30-41)36-17-6-2-7-18-36/h1-34H. The summed E-state index contributed by atoms with van der Waals surface area (Å²) >= 11 is 1.86. The van der Waals surface area contributed by atoms with Crippen molar-refractivity contribution in [3.63, 3.8) is 0 Å². The molecule has 0 N–H and O–H groups in total. The number of benzene rings is 8. The summed E-state index contributed by atoms with van der Waals surface area (Å²) in [5.74, 6) is 0.693. The molecule has 0 atom stereocenters. The van der Waals surface area contributed by atoms with Gasteiger partial charge in [0.1, 0.15) is 0 Å². The summed E-state index contributed by atoms with van der Waals surface area (Å²) in [7, 11) is 0. The lowest BCUT2D eigenvalue weighted by Crippen LogP contribution is -1.97. The normalized spacial score (nSPS) is 11.3. The van der Waals surface area contributed by atoms with E-state index < -0.39 is 0 Å². The van der Waals surface area contributed by atoms with Gasteiger partial charge in [0, 0.05) is 36.9 Å². The number of fused-ring (bicyclic) bond motifs is 3. The number of nitrogens with zero attached hydrogens (tertiary/aromatic N) is 2. The quantitative estimate of drug-likeness (QED) is 0.164. The zero-order valence-corrected chi connectivity index (χ0v) is 30.7. The fourth-order valence-corrected chi connectivity index (χ4v) is 8.77. The molecule has 0 aliphatic heterocycles. The van der Waals surface area contributed by atoms with E-state index in [1.165, 1.54) is 36.9 Å². The highest BCUT2D eigenvalue weighted by Gasteiger charge is 2.17. The van der Waals surface area contributed by atoms with Gasteiger partial charge in [-0.2, -0.15) is 0 Å². The van der Waals surface area contributed by atoms with Crippen LogP contribution in [-0.4, -0.2) is 9.97 Å². The molecule has 2 nitrogen and oxygen atoms in total. The van der Waals surface area contributed by atoms with Crippen LogP contribution in [0.1, 0.15) is 0 Å². The second kappa shape index (κ2) is 14.1. The Morgan fingerprint density at radius 1 is 0.291 bits per heavy atom. The summed E-state index contributed by atoms with van der Waals surface area (Å²) in [5.41, 5.74) is 14.2. The minimum absolute atomic E-state index is 0.693. The van der Waals surface area contributed by atoms with Crippen LogP contribution < -0.4 is 0 Å². The van der Waals surface area contributed by atoms with Gasteiger partial charge in [0.2, 0.25) is 0 Å². The predicted octanol–water partition coefficient (Wildman–Crippen LogP) is 14.5. The Kier molecular flexibility index (Phi) is 8.40. The van der Waals surface area contributed by atoms with Crippen molar-refractivity contribution in [3.8, 4) is 78.4 Å². The molecule has 0 radical (unpaired) electrons. The van der Waals surface area contributed by atoms with Crippen LogP contribution in [0, 0.1) is 0 Å². The molecule has 0 aliphatic carbocycles. The molecular formula is C52H34N2S. The van der Waals surface area contributed by atoms with Crippen molar-refractivity contribution in [2.45, 2.75) is 0 Å². The third-order valence-electron chi connectivity index (χ3n) is 10.3. The molecular weight excluding hydrogens is 685 g/mol. The van der Waals surface area contributed by atoms with Gasteiger partial charge in [0.25, 0.3) is 0 Å². The van der Waals surface area contributed by atoms with Crippen LogP contribution in [0.15, 0.2) is 206 Å². The lowest BCUT2D eigenvalue weighted by atomic mass is 9.92. The van der Waals surface area contributed by atoms with Crippen molar-refractivity contribution < 1.29 is 0 Å². The number of hydrogen-bond donors (Lipinski definition) is 0. The summed E-state index contributed by atoms with van der Waals surface area (Å²) in [5, 5.41) is 2.58. The van der Waals surface area contributed by atoms with E-state index >= 15 is 0 Å². The molecule has 0 bridgehead atoms. The SMILES string of the molecule is c1ccc(-c2cccc(-c3cc(-c4cc(-c5ccccc5)nc(-c5cccc(-c6ccccc6)c5)n4)cc(-c4cccc5c4sc4ccccc45)c3)c2)cc1. The highest BCUT2D eigenvalue weighted by molar-refractivity contribution is 7.26.